The average Bonchev–Trinajstić information content (AvgIpc) is 2.49. The van der Waals surface area contributed by atoms with Crippen LogP contribution in [-0.2, 0) is 10.0 Å². The highest BCUT2D eigenvalue weighted by Crippen LogP contribution is 2.24. The van der Waals surface area contributed by atoms with Gasteiger partial charge < -0.3 is 10.9 Å². The van der Waals surface area contributed by atoms with Crippen molar-refractivity contribution in [2.45, 2.75) is 17.7 Å². The maximum absolute atomic E-state index is 13.2. The van der Waals surface area contributed by atoms with Gasteiger partial charge in [0.25, 0.3) is 0 Å². The summed E-state index contributed by atoms with van der Waals surface area (Å²) in [5.74, 6) is -2.77. The summed E-state index contributed by atoms with van der Waals surface area (Å²) in [7, 11) is -3.94. The first-order valence-electron chi connectivity index (χ1n) is 6.29. The van der Waals surface area contributed by atoms with Gasteiger partial charge in [0, 0.05) is 19.0 Å². The van der Waals surface area contributed by atoms with Crippen LogP contribution in [0.3, 0.4) is 0 Å². The molecule has 21 heavy (non-hydrogen) atoms. The summed E-state index contributed by atoms with van der Waals surface area (Å²) in [5, 5.41) is 11.6. The monoisotopic (exact) mass is 319 g/mol. The van der Waals surface area contributed by atoms with Crippen molar-refractivity contribution >= 4 is 15.9 Å². The van der Waals surface area contributed by atoms with E-state index in [4.69, 9.17) is 10.9 Å². The predicted molar refractivity (Wildman–Crippen MR) is 71.2 cm³/mol. The van der Waals surface area contributed by atoms with Gasteiger partial charge in [-0.25, -0.2) is 17.2 Å². The number of nitrogens with two attached hydrogens (primary N) is 1. The van der Waals surface area contributed by atoms with Crippen LogP contribution in [0.15, 0.2) is 28.3 Å². The van der Waals surface area contributed by atoms with Gasteiger partial charge in [-0.05, 0) is 31.0 Å². The number of oxime groups is 1. The Morgan fingerprint density at radius 2 is 2.10 bits per heavy atom. The number of amidine groups is 1. The number of benzene rings is 1. The van der Waals surface area contributed by atoms with Crippen molar-refractivity contribution in [1.82, 2.24) is 4.31 Å². The molecule has 1 atom stereocenters. The SMILES string of the molecule is NC(=NO)C1CCCN(S(=O)(=O)c2ccc(F)c(F)c2)C1. The highest BCUT2D eigenvalue weighted by Gasteiger charge is 2.32. The molecule has 0 aromatic heterocycles. The minimum absolute atomic E-state index is 0.0389. The van der Waals surface area contributed by atoms with E-state index in [-0.39, 0.29) is 23.8 Å². The van der Waals surface area contributed by atoms with Crippen molar-refractivity contribution in [2.24, 2.45) is 16.8 Å². The molecule has 1 aliphatic rings. The zero-order valence-electron chi connectivity index (χ0n) is 11.0. The van der Waals surface area contributed by atoms with Crippen LogP contribution < -0.4 is 5.73 Å². The van der Waals surface area contributed by atoms with Crippen molar-refractivity contribution in [1.29, 1.82) is 0 Å². The van der Waals surface area contributed by atoms with Crippen molar-refractivity contribution in [2.75, 3.05) is 13.1 Å². The van der Waals surface area contributed by atoms with Crippen LogP contribution in [0.4, 0.5) is 8.78 Å². The van der Waals surface area contributed by atoms with Crippen LogP contribution in [0, 0.1) is 17.6 Å². The third kappa shape index (κ3) is 3.13. The van der Waals surface area contributed by atoms with Crippen LogP contribution >= 0.6 is 0 Å². The number of sulfonamides is 1. The Labute approximate surface area is 120 Å². The fourth-order valence-electron chi connectivity index (χ4n) is 2.27. The van der Waals surface area contributed by atoms with Gasteiger partial charge in [0.05, 0.1) is 4.90 Å². The largest absolute Gasteiger partial charge is 0.409 e. The third-order valence-corrected chi connectivity index (χ3v) is 5.31. The molecule has 6 nitrogen and oxygen atoms in total. The standard InChI is InChI=1S/C12H15F2N3O3S/c13-10-4-3-9(6-11(10)14)21(19,20)17-5-1-2-8(7-17)12(15)16-18/h3-4,6,8,18H,1-2,5,7H2,(H2,15,16). The minimum Gasteiger partial charge on any atom is -0.409 e. The number of hydrogen-bond donors (Lipinski definition) is 2. The molecular weight excluding hydrogens is 304 g/mol. The normalized spacial score (nSPS) is 21.4. The van der Waals surface area contributed by atoms with Crippen molar-refractivity contribution in [3.8, 4) is 0 Å². The Bertz CT molecular complexity index is 664. The highest BCUT2D eigenvalue weighted by atomic mass is 32.2. The molecule has 116 valence electrons. The summed E-state index contributed by atoms with van der Waals surface area (Å²) in [6.45, 7) is 0.285. The summed E-state index contributed by atoms with van der Waals surface area (Å²) < 4.78 is 52.0. The summed E-state index contributed by atoms with van der Waals surface area (Å²) in [5.41, 5.74) is 5.50. The molecule has 1 unspecified atom stereocenters. The molecule has 1 fully saturated rings. The molecule has 1 aromatic rings. The number of nitrogens with zero attached hydrogens (tertiary/aromatic N) is 2. The molecule has 0 aliphatic carbocycles. The van der Waals surface area contributed by atoms with Gasteiger partial charge in [-0.15, -0.1) is 0 Å². The van der Waals surface area contributed by atoms with Gasteiger partial charge in [0.2, 0.25) is 10.0 Å². The lowest BCUT2D eigenvalue weighted by Gasteiger charge is -2.31. The predicted octanol–water partition coefficient (Wildman–Crippen LogP) is 1.11. The van der Waals surface area contributed by atoms with E-state index in [1.807, 2.05) is 0 Å². The Morgan fingerprint density at radius 1 is 1.38 bits per heavy atom. The Kier molecular flexibility index (Phi) is 4.43. The first-order valence-corrected chi connectivity index (χ1v) is 7.73. The lowest BCUT2D eigenvalue weighted by Crippen LogP contribution is -2.44. The van der Waals surface area contributed by atoms with Crippen molar-refractivity contribution in [3.63, 3.8) is 0 Å². The van der Waals surface area contributed by atoms with E-state index >= 15 is 0 Å². The minimum atomic E-state index is -3.94. The molecule has 0 spiro atoms. The Hall–Kier alpha value is -1.74. The van der Waals surface area contributed by atoms with E-state index in [9.17, 15) is 17.2 Å². The second-order valence-corrected chi connectivity index (χ2v) is 6.74. The molecule has 2 rings (SSSR count). The fraction of sp³-hybridized carbons (Fsp3) is 0.417. The molecule has 0 amide bonds. The van der Waals surface area contributed by atoms with Crippen LogP contribution in [-0.4, -0.2) is 36.9 Å². The second-order valence-electron chi connectivity index (χ2n) is 4.80. The Morgan fingerprint density at radius 3 is 2.71 bits per heavy atom. The zero-order valence-corrected chi connectivity index (χ0v) is 11.9. The summed E-state index contributed by atoms with van der Waals surface area (Å²) in [4.78, 5) is -0.318. The van der Waals surface area contributed by atoms with Gasteiger partial charge in [0.15, 0.2) is 11.6 Å². The fourth-order valence-corrected chi connectivity index (χ4v) is 3.81. The van der Waals surface area contributed by atoms with Gasteiger partial charge in [0.1, 0.15) is 5.84 Å². The smallest absolute Gasteiger partial charge is 0.243 e. The van der Waals surface area contributed by atoms with Gasteiger partial charge in [-0.3, -0.25) is 0 Å². The molecule has 0 saturated carbocycles. The number of halogens is 2. The summed E-state index contributed by atoms with van der Waals surface area (Å²) in [6.07, 6.45) is 1.13. The molecule has 1 heterocycles. The second kappa shape index (κ2) is 5.94. The topological polar surface area (TPSA) is 96.0 Å². The van der Waals surface area contributed by atoms with E-state index in [1.54, 1.807) is 0 Å². The third-order valence-electron chi connectivity index (χ3n) is 3.45. The molecule has 3 N–H and O–H groups in total. The molecular formula is C12H15F2N3O3S. The summed E-state index contributed by atoms with van der Waals surface area (Å²) in [6, 6.07) is 2.44. The first-order chi connectivity index (χ1) is 9.86. The Balaban J connectivity index is 2.28. The number of rotatable bonds is 3. The van der Waals surface area contributed by atoms with Gasteiger partial charge >= 0.3 is 0 Å². The maximum atomic E-state index is 13.2. The lowest BCUT2D eigenvalue weighted by atomic mass is 9.99. The summed E-state index contributed by atoms with van der Waals surface area (Å²) >= 11 is 0. The zero-order chi connectivity index (χ0) is 15.6. The van der Waals surface area contributed by atoms with Crippen molar-refractivity contribution in [3.05, 3.63) is 29.8 Å². The van der Waals surface area contributed by atoms with E-state index in [0.29, 0.717) is 18.9 Å². The van der Waals surface area contributed by atoms with E-state index in [2.05, 4.69) is 5.16 Å². The quantitative estimate of drug-likeness (QED) is 0.377. The van der Waals surface area contributed by atoms with Gasteiger partial charge in [-0.1, -0.05) is 5.16 Å². The van der Waals surface area contributed by atoms with Crippen LogP contribution in [0.25, 0.3) is 0 Å². The first kappa shape index (κ1) is 15.6. The molecule has 1 aromatic carbocycles. The van der Waals surface area contributed by atoms with Crippen LogP contribution in [0.2, 0.25) is 0 Å². The highest BCUT2D eigenvalue weighted by molar-refractivity contribution is 7.89. The van der Waals surface area contributed by atoms with E-state index in [1.165, 1.54) is 0 Å². The number of piperidine rings is 1. The molecule has 0 bridgehead atoms. The van der Waals surface area contributed by atoms with Gasteiger partial charge in [-0.2, -0.15) is 4.31 Å². The average molecular weight is 319 g/mol. The molecule has 1 saturated heterocycles. The lowest BCUT2D eigenvalue weighted by molar-refractivity contribution is 0.287. The van der Waals surface area contributed by atoms with Crippen LogP contribution in [0.1, 0.15) is 12.8 Å². The van der Waals surface area contributed by atoms with E-state index < -0.39 is 27.6 Å². The molecule has 0 radical (unpaired) electrons. The van der Waals surface area contributed by atoms with Crippen LogP contribution in [0.5, 0.6) is 0 Å². The number of hydrogen-bond acceptors (Lipinski definition) is 4. The maximum Gasteiger partial charge on any atom is 0.243 e. The van der Waals surface area contributed by atoms with Crippen molar-refractivity contribution < 1.29 is 22.4 Å². The molecule has 9 heteroatoms. The molecule has 1 aliphatic heterocycles. The van der Waals surface area contributed by atoms with E-state index in [0.717, 1.165) is 16.4 Å².